The summed E-state index contributed by atoms with van der Waals surface area (Å²) in [6.45, 7) is 2.55. The molecule has 0 saturated heterocycles. The molecule has 0 aliphatic rings. The summed E-state index contributed by atoms with van der Waals surface area (Å²) < 4.78 is 7.33. The summed E-state index contributed by atoms with van der Waals surface area (Å²) in [6.07, 6.45) is 5.11. The molecule has 0 aliphatic heterocycles. The summed E-state index contributed by atoms with van der Waals surface area (Å²) in [6, 6.07) is 5.76. The van der Waals surface area contributed by atoms with E-state index in [9.17, 15) is 0 Å². The Morgan fingerprint density at radius 1 is 1.38 bits per heavy atom. The third-order valence-corrected chi connectivity index (χ3v) is 3.27. The molecule has 0 radical (unpaired) electrons. The predicted octanol–water partition coefficient (Wildman–Crippen LogP) is 3.01. The summed E-state index contributed by atoms with van der Waals surface area (Å²) in [5.41, 5.74) is 2.47. The van der Waals surface area contributed by atoms with E-state index in [0.29, 0.717) is 24.0 Å². The van der Waals surface area contributed by atoms with E-state index in [-0.39, 0.29) is 0 Å². The number of rotatable bonds is 5. The van der Waals surface area contributed by atoms with Crippen molar-refractivity contribution in [1.82, 2.24) is 19.6 Å². The summed E-state index contributed by atoms with van der Waals surface area (Å²) in [7, 11) is 0. The van der Waals surface area contributed by atoms with Gasteiger partial charge in [0.1, 0.15) is 12.1 Å². The van der Waals surface area contributed by atoms with Gasteiger partial charge in [-0.25, -0.2) is 4.98 Å². The number of nitrogens with zero attached hydrogens (tertiary/aromatic N) is 4. The van der Waals surface area contributed by atoms with Crippen molar-refractivity contribution in [3.8, 4) is 5.75 Å². The Balaban J connectivity index is 1.92. The van der Waals surface area contributed by atoms with Crippen molar-refractivity contribution in [2.24, 2.45) is 0 Å². The van der Waals surface area contributed by atoms with Gasteiger partial charge in [0.05, 0.1) is 12.5 Å². The molecule has 7 heteroatoms. The molecule has 21 heavy (non-hydrogen) atoms. The molecule has 0 amide bonds. The summed E-state index contributed by atoms with van der Waals surface area (Å²) in [5.74, 6) is 1.82. The van der Waals surface area contributed by atoms with Crippen molar-refractivity contribution < 1.29 is 4.74 Å². The molecule has 0 unspecified atom stereocenters. The molecule has 0 saturated carbocycles. The van der Waals surface area contributed by atoms with Crippen molar-refractivity contribution in [1.29, 1.82) is 0 Å². The lowest BCUT2D eigenvalue weighted by Gasteiger charge is -2.11. The maximum atomic E-state index is 5.97. The quantitative estimate of drug-likeness (QED) is 0.734. The SMILES string of the molecule is CCOc1ccc(Nc2nccn3cnnc23)cc1CCl. The van der Waals surface area contributed by atoms with Crippen LogP contribution in [0.4, 0.5) is 11.5 Å². The Morgan fingerprint density at radius 3 is 3.10 bits per heavy atom. The van der Waals surface area contributed by atoms with Crippen LogP contribution in [-0.2, 0) is 5.88 Å². The lowest BCUT2D eigenvalue weighted by molar-refractivity contribution is 0.337. The number of fused-ring (bicyclic) bond motifs is 1. The summed E-state index contributed by atoms with van der Waals surface area (Å²) >= 11 is 5.97. The lowest BCUT2D eigenvalue weighted by Crippen LogP contribution is -2.00. The van der Waals surface area contributed by atoms with Crippen LogP contribution in [0.5, 0.6) is 5.75 Å². The van der Waals surface area contributed by atoms with E-state index in [1.54, 1.807) is 23.1 Å². The van der Waals surface area contributed by atoms with Crippen LogP contribution in [-0.4, -0.2) is 26.2 Å². The van der Waals surface area contributed by atoms with Gasteiger partial charge in [-0.15, -0.1) is 21.8 Å². The molecule has 0 fully saturated rings. The first kappa shape index (κ1) is 13.6. The zero-order valence-electron chi connectivity index (χ0n) is 11.5. The van der Waals surface area contributed by atoms with Crippen LogP contribution in [0.2, 0.25) is 0 Å². The smallest absolute Gasteiger partial charge is 0.203 e. The van der Waals surface area contributed by atoms with Crippen LogP contribution >= 0.6 is 11.6 Å². The van der Waals surface area contributed by atoms with Gasteiger partial charge in [0.15, 0.2) is 5.82 Å². The molecule has 1 N–H and O–H groups in total. The monoisotopic (exact) mass is 303 g/mol. The van der Waals surface area contributed by atoms with E-state index in [4.69, 9.17) is 16.3 Å². The van der Waals surface area contributed by atoms with Gasteiger partial charge in [0.25, 0.3) is 0 Å². The minimum absolute atomic E-state index is 0.382. The molecular weight excluding hydrogens is 290 g/mol. The molecule has 3 aromatic rings. The van der Waals surface area contributed by atoms with Gasteiger partial charge in [-0.1, -0.05) is 0 Å². The average Bonchev–Trinajstić information content (AvgIpc) is 2.98. The van der Waals surface area contributed by atoms with Gasteiger partial charge in [-0.3, -0.25) is 4.40 Å². The molecule has 0 spiro atoms. The van der Waals surface area contributed by atoms with Crippen LogP contribution in [0.25, 0.3) is 5.65 Å². The molecule has 1 aromatic carbocycles. The van der Waals surface area contributed by atoms with Gasteiger partial charge in [0.2, 0.25) is 5.65 Å². The second-order valence-corrected chi connectivity index (χ2v) is 4.62. The van der Waals surface area contributed by atoms with Gasteiger partial charge in [-0.2, -0.15) is 0 Å². The number of benzene rings is 1. The van der Waals surface area contributed by atoms with Crippen LogP contribution in [0.1, 0.15) is 12.5 Å². The number of anilines is 2. The third-order valence-electron chi connectivity index (χ3n) is 2.98. The minimum Gasteiger partial charge on any atom is -0.494 e. The first-order chi connectivity index (χ1) is 10.3. The van der Waals surface area contributed by atoms with Crippen LogP contribution in [0.15, 0.2) is 36.9 Å². The Labute approximate surface area is 126 Å². The highest BCUT2D eigenvalue weighted by atomic mass is 35.5. The Bertz CT molecular complexity index is 758. The highest BCUT2D eigenvalue weighted by Gasteiger charge is 2.08. The van der Waals surface area contributed by atoms with E-state index < -0.39 is 0 Å². The molecule has 108 valence electrons. The van der Waals surface area contributed by atoms with Gasteiger partial charge in [0, 0.05) is 23.6 Å². The highest BCUT2D eigenvalue weighted by molar-refractivity contribution is 6.17. The zero-order valence-corrected chi connectivity index (χ0v) is 12.2. The van der Waals surface area contributed by atoms with Crippen LogP contribution in [0, 0.1) is 0 Å². The maximum absolute atomic E-state index is 5.97. The Hall–Kier alpha value is -2.34. The largest absolute Gasteiger partial charge is 0.494 e. The molecule has 2 aromatic heterocycles. The standard InChI is InChI=1S/C14H14ClN5O/c1-2-21-12-4-3-11(7-10(12)8-15)18-13-14-19-17-9-20(14)6-5-16-13/h3-7,9H,2,8H2,1H3,(H,16,18). The molecule has 3 rings (SSSR count). The van der Waals surface area contributed by atoms with Gasteiger partial charge < -0.3 is 10.1 Å². The van der Waals surface area contributed by atoms with Gasteiger partial charge >= 0.3 is 0 Å². The van der Waals surface area contributed by atoms with Crippen molar-refractivity contribution in [2.45, 2.75) is 12.8 Å². The normalized spacial score (nSPS) is 10.8. The molecule has 0 aliphatic carbocycles. The Morgan fingerprint density at radius 2 is 2.29 bits per heavy atom. The molecule has 0 atom stereocenters. The van der Waals surface area contributed by atoms with E-state index in [1.807, 2.05) is 25.1 Å². The zero-order chi connectivity index (χ0) is 14.7. The van der Waals surface area contributed by atoms with Gasteiger partial charge in [-0.05, 0) is 25.1 Å². The number of alkyl halides is 1. The fraction of sp³-hybridized carbons (Fsp3) is 0.214. The summed E-state index contributed by atoms with van der Waals surface area (Å²) in [4.78, 5) is 4.29. The molecule has 6 nitrogen and oxygen atoms in total. The fourth-order valence-electron chi connectivity index (χ4n) is 2.04. The number of nitrogens with one attached hydrogen (secondary N) is 1. The number of aromatic nitrogens is 4. The van der Waals surface area contributed by atoms with Crippen molar-refractivity contribution in [3.05, 3.63) is 42.5 Å². The first-order valence-corrected chi connectivity index (χ1v) is 7.08. The minimum atomic E-state index is 0.382. The molecule has 2 heterocycles. The van der Waals surface area contributed by atoms with E-state index in [2.05, 4.69) is 20.5 Å². The Kier molecular flexibility index (Phi) is 3.87. The fourth-order valence-corrected chi connectivity index (χ4v) is 2.25. The first-order valence-electron chi connectivity index (χ1n) is 6.55. The van der Waals surface area contributed by atoms with Crippen LogP contribution < -0.4 is 10.1 Å². The second kappa shape index (κ2) is 5.97. The number of hydrogen-bond donors (Lipinski definition) is 1. The third kappa shape index (κ3) is 2.75. The van der Waals surface area contributed by atoms with E-state index in [1.165, 1.54) is 0 Å². The summed E-state index contributed by atoms with van der Waals surface area (Å²) in [5, 5.41) is 11.1. The molecule has 0 bridgehead atoms. The predicted molar refractivity (Wildman–Crippen MR) is 81.2 cm³/mol. The number of ether oxygens (including phenoxy) is 1. The van der Waals surface area contributed by atoms with E-state index in [0.717, 1.165) is 17.0 Å². The van der Waals surface area contributed by atoms with Crippen LogP contribution in [0.3, 0.4) is 0 Å². The van der Waals surface area contributed by atoms with Crippen molar-refractivity contribution in [3.63, 3.8) is 0 Å². The maximum Gasteiger partial charge on any atom is 0.203 e. The van der Waals surface area contributed by atoms with E-state index >= 15 is 0 Å². The van der Waals surface area contributed by atoms with Crippen molar-refractivity contribution >= 4 is 28.8 Å². The average molecular weight is 304 g/mol. The molecular formula is C14H14ClN5O. The lowest BCUT2D eigenvalue weighted by atomic mass is 10.2. The number of hydrogen-bond acceptors (Lipinski definition) is 5. The number of halogens is 1. The second-order valence-electron chi connectivity index (χ2n) is 4.35. The highest BCUT2D eigenvalue weighted by Crippen LogP contribution is 2.26. The topological polar surface area (TPSA) is 64.3 Å². The van der Waals surface area contributed by atoms with Crippen molar-refractivity contribution in [2.75, 3.05) is 11.9 Å².